The molecular formula is C14H12O2. The molecule has 0 atom stereocenters. The lowest BCUT2D eigenvalue weighted by Crippen LogP contribution is -1.90. The second-order valence-electron chi connectivity index (χ2n) is 3.67. The molecule has 0 aromatic heterocycles. The van der Waals surface area contributed by atoms with Gasteiger partial charge in [-0.05, 0) is 17.7 Å². The van der Waals surface area contributed by atoms with Crippen LogP contribution in [0.15, 0.2) is 48.5 Å². The molecule has 2 aromatic carbocycles. The van der Waals surface area contributed by atoms with E-state index in [2.05, 4.69) is 0 Å². The third kappa shape index (κ3) is 1.96. The van der Waals surface area contributed by atoms with Gasteiger partial charge in [0.1, 0.15) is 5.76 Å². The molecule has 1 N–H and O–H groups in total. The summed E-state index contributed by atoms with van der Waals surface area (Å²) in [6, 6.07) is 13.4. The highest BCUT2D eigenvalue weighted by atomic mass is 16.3. The van der Waals surface area contributed by atoms with Gasteiger partial charge in [-0.3, -0.25) is 4.79 Å². The van der Waals surface area contributed by atoms with Crippen LogP contribution >= 0.6 is 0 Å². The summed E-state index contributed by atoms with van der Waals surface area (Å²) in [5, 5.41) is 11.8. The molecule has 0 saturated heterocycles. The molecule has 0 amide bonds. The van der Waals surface area contributed by atoms with E-state index in [0.29, 0.717) is 5.56 Å². The van der Waals surface area contributed by atoms with Crippen molar-refractivity contribution in [1.82, 2.24) is 0 Å². The molecule has 0 unspecified atom stereocenters. The van der Waals surface area contributed by atoms with Gasteiger partial charge in [0, 0.05) is 11.6 Å². The number of rotatable bonds is 2. The van der Waals surface area contributed by atoms with Gasteiger partial charge in [0.2, 0.25) is 0 Å². The Bertz CT molecular complexity index is 562. The number of hydrogen-bond acceptors (Lipinski definition) is 2. The molecule has 0 aliphatic heterocycles. The van der Waals surface area contributed by atoms with Gasteiger partial charge in [-0.15, -0.1) is 0 Å². The van der Waals surface area contributed by atoms with Crippen LogP contribution in [0.25, 0.3) is 16.5 Å². The molecule has 2 heteroatoms. The van der Waals surface area contributed by atoms with Crippen molar-refractivity contribution in [3.05, 3.63) is 54.1 Å². The van der Waals surface area contributed by atoms with Gasteiger partial charge in [-0.1, -0.05) is 42.5 Å². The Morgan fingerprint density at radius 1 is 1.12 bits per heavy atom. The van der Waals surface area contributed by atoms with Crippen molar-refractivity contribution in [2.24, 2.45) is 0 Å². The van der Waals surface area contributed by atoms with Crippen molar-refractivity contribution < 1.29 is 9.90 Å². The lowest BCUT2D eigenvalue weighted by molar-refractivity contribution is -0.112. The van der Waals surface area contributed by atoms with E-state index >= 15 is 0 Å². The molecule has 0 bridgehead atoms. The standard InChI is InChI=1S/C14H12O2/c1-10(15)9-14(16)13-8-4-6-11-5-2-3-7-12(11)13/h2-9,16H,1H3/b14-9-. The molecule has 0 aliphatic carbocycles. The first-order chi connectivity index (χ1) is 7.68. The van der Waals surface area contributed by atoms with Crippen LogP contribution in [0.4, 0.5) is 0 Å². The average molecular weight is 212 g/mol. The predicted molar refractivity (Wildman–Crippen MR) is 65.2 cm³/mol. The van der Waals surface area contributed by atoms with Crippen molar-refractivity contribution in [1.29, 1.82) is 0 Å². The smallest absolute Gasteiger partial charge is 0.156 e. The highest BCUT2D eigenvalue weighted by Crippen LogP contribution is 2.23. The Morgan fingerprint density at radius 3 is 2.56 bits per heavy atom. The van der Waals surface area contributed by atoms with Crippen molar-refractivity contribution in [3.8, 4) is 0 Å². The number of allylic oxidation sites excluding steroid dienone is 1. The first kappa shape index (κ1) is 10.4. The van der Waals surface area contributed by atoms with E-state index < -0.39 is 0 Å². The third-order valence-corrected chi connectivity index (χ3v) is 2.41. The summed E-state index contributed by atoms with van der Waals surface area (Å²) in [6.45, 7) is 1.42. The van der Waals surface area contributed by atoms with E-state index in [9.17, 15) is 9.90 Å². The number of fused-ring (bicyclic) bond motifs is 1. The maximum atomic E-state index is 10.9. The number of carbonyl (C=O) groups is 1. The summed E-state index contributed by atoms with van der Waals surface area (Å²) in [6.07, 6.45) is 1.24. The second kappa shape index (κ2) is 4.19. The molecule has 0 saturated carbocycles. The number of carbonyl (C=O) groups excluding carboxylic acids is 1. The van der Waals surface area contributed by atoms with E-state index in [-0.39, 0.29) is 11.5 Å². The van der Waals surface area contributed by atoms with Crippen LogP contribution < -0.4 is 0 Å². The average Bonchev–Trinajstić information content (AvgIpc) is 2.27. The van der Waals surface area contributed by atoms with Gasteiger partial charge in [-0.2, -0.15) is 0 Å². The molecule has 2 nitrogen and oxygen atoms in total. The molecule has 0 spiro atoms. The predicted octanol–water partition coefficient (Wildman–Crippen LogP) is 3.33. The molecule has 16 heavy (non-hydrogen) atoms. The number of hydrogen-bond donors (Lipinski definition) is 1. The molecule has 0 heterocycles. The molecule has 2 aromatic rings. The number of aliphatic hydroxyl groups excluding tert-OH is 1. The van der Waals surface area contributed by atoms with Crippen LogP contribution in [-0.4, -0.2) is 10.9 Å². The Hall–Kier alpha value is -2.09. The normalized spacial score (nSPS) is 11.7. The fourth-order valence-electron chi connectivity index (χ4n) is 1.72. The van der Waals surface area contributed by atoms with E-state index in [1.165, 1.54) is 13.0 Å². The molecule has 2 rings (SSSR count). The summed E-state index contributed by atoms with van der Waals surface area (Å²) in [5.74, 6) is -0.144. The van der Waals surface area contributed by atoms with E-state index in [1.54, 1.807) is 6.07 Å². The zero-order valence-electron chi connectivity index (χ0n) is 8.97. The molecule has 0 fully saturated rings. The Morgan fingerprint density at radius 2 is 1.81 bits per heavy atom. The minimum atomic E-state index is -0.162. The van der Waals surface area contributed by atoms with E-state index in [0.717, 1.165) is 10.8 Å². The quantitative estimate of drug-likeness (QED) is 0.612. The van der Waals surface area contributed by atoms with Crippen LogP contribution in [-0.2, 0) is 4.79 Å². The first-order valence-corrected chi connectivity index (χ1v) is 5.08. The van der Waals surface area contributed by atoms with Gasteiger partial charge in [0.15, 0.2) is 5.78 Å². The topological polar surface area (TPSA) is 37.3 Å². The summed E-state index contributed by atoms with van der Waals surface area (Å²) in [4.78, 5) is 10.9. The second-order valence-corrected chi connectivity index (χ2v) is 3.67. The van der Waals surface area contributed by atoms with Crippen molar-refractivity contribution >= 4 is 22.3 Å². The maximum absolute atomic E-state index is 10.9. The summed E-state index contributed by atoms with van der Waals surface area (Å²) in [7, 11) is 0. The summed E-state index contributed by atoms with van der Waals surface area (Å²) in [5.41, 5.74) is 0.688. The molecular weight excluding hydrogens is 200 g/mol. The molecule has 80 valence electrons. The van der Waals surface area contributed by atoms with Crippen LogP contribution in [0.2, 0.25) is 0 Å². The zero-order chi connectivity index (χ0) is 11.5. The highest BCUT2D eigenvalue weighted by molar-refractivity contribution is 5.98. The van der Waals surface area contributed by atoms with Crippen molar-refractivity contribution in [2.75, 3.05) is 0 Å². The summed E-state index contributed by atoms with van der Waals surface area (Å²) < 4.78 is 0. The van der Waals surface area contributed by atoms with Crippen molar-refractivity contribution in [3.63, 3.8) is 0 Å². The lowest BCUT2D eigenvalue weighted by atomic mass is 10.0. The van der Waals surface area contributed by atoms with Gasteiger partial charge < -0.3 is 5.11 Å². The van der Waals surface area contributed by atoms with Crippen LogP contribution in [0.3, 0.4) is 0 Å². The van der Waals surface area contributed by atoms with Crippen LogP contribution in [0.1, 0.15) is 12.5 Å². The third-order valence-electron chi connectivity index (χ3n) is 2.41. The largest absolute Gasteiger partial charge is 0.507 e. The van der Waals surface area contributed by atoms with Gasteiger partial charge in [-0.25, -0.2) is 0 Å². The number of benzene rings is 2. The fourth-order valence-corrected chi connectivity index (χ4v) is 1.72. The van der Waals surface area contributed by atoms with E-state index in [4.69, 9.17) is 0 Å². The zero-order valence-corrected chi connectivity index (χ0v) is 8.97. The van der Waals surface area contributed by atoms with Gasteiger partial charge in [0.25, 0.3) is 0 Å². The first-order valence-electron chi connectivity index (χ1n) is 5.08. The molecule has 0 aliphatic rings. The van der Waals surface area contributed by atoms with Crippen molar-refractivity contribution in [2.45, 2.75) is 6.92 Å². The Balaban J connectivity index is 2.65. The van der Waals surface area contributed by atoms with Crippen LogP contribution in [0, 0.1) is 0 Å². The number of aliphatic hydroxyl groups is 1. The maximum Gasteiger partial charge on any atom is 0.156 e. The minimum absolute atomic E-state index is 0.0179. The lowest BCUT2D eigenvalue weighted by Gasteiger charge is -2.04. The summed E-state index contributed by atoms with van der Waals surface area (Å²) >= 11 is 0. The Labute approximate surface area is 93.8 Å². The fraction of sp³-hybridized carbons (Fsp3) is 0.0714. The molecule has 0 radical (unpaired) electrons. The highest BCUT2D eigenvalue weighted by Gasteiger charge is 2.04. The van der Waals surface area contributed by atoms with Gasteiger partial charge in [0.05, 0.1) is 0 Å². The monoisotopic (exact) mass is 212 g/mol. The van der Waals surface area contributed by atoms with Crippen LogP contribution in [0.5, 0.6) is 0 Å². The van der Waals surface area contributed by atoms with Gasteiger partial charge >= 0.3 is 0 Å². The Kier molecular flexibility index (Phi) is 2.73. The number of ketones is 1. The SMILES string of the molecule is CC(=O)/C=C(\O)c1cccc2ccccc12. The minimum Gasteiger partial charge on any atom is -0.507 e. The van der Waals surface area contributed by atoms with E-state index in [1.807, 2.05) is 36.4 Å².